The molecule has 0 aliphatic carbocycles. The topological polar surface area (TPSA) is 29.0 Å². The average Bonchev–Trinajstić information content (AvgIpc) is 2.87. The summed E-state index contributed by atoms with van der Waals surface area (Å²) >= 11 is 7.55. The summed E-state index contributed by atoms with van der Waals surface area (Å²) in [5, 5.41) is 2.76. The molecule has 0 amide bonds. The number of fused-ring (bicyclic) bond motifs is 1. The lowest BCUT2D eigenvalue weighted by molar-refractivity contribution is 1.12. The highest BCUT2D eigenvalue weighted by Crippen LogP contribution is 2.31. The Morgan fingerprint density at radius 2 is 1.89 bits per heavy atom. The average molecular weight is 276 g/mol. The molecule has 0 saturated heterocycles. The van der Waals surface area contributed by atoms with Gasteiger partial charge in [-0.05, 0) is 35.7 Å². The maximum Gasteiger partial charge on any atom is 0.154 e. The zero-order valence-electron chi connectivity index (χ0n) is 9.67. The number of anilines is 2. The van der Waals surface area contributed by atoms with Crippen molar-refractivity contribution in [3.63, 3.8) is 0 Å². The van der Waals surface area contributed by atoms with Crippen LogP contribution in [0.3, 0.4) is 0 Å². The molecule has 18 heavy (non-hydrogen) atoms. The third kappa shape index (κ3) is 1.94. The minimum absolute atomic E-state index is 0.733. The Balaban J connectivity index is 2.08. The van der Waals surface area contributed by atoms with Crippen LogP contribution in [0.25, 0.3) is 10.2 Å². The van der Waals surface area contributed by atoms with E-state index in [-0.39, 0.29) is 0 Å². The Hall–Kier alpha value is -1.65. The van der Waals surface area contributed by atoms with Crippen molar-refractivity contribution >= 4 is 44.7 Å². The first-order valence-corrected chi connectivity index (χ1v) is 6.69. The molecule has 2 heterocycles. The van der Waals surface area contributed by atoms with Crippen molar-refractivity contribution in [2.75, 3.05) is 11.9 Å². The molecule has 90 valence electrons. The molecule has 5 heteroatoms. The van der Waals surface area contributed by atoms with Crippen LogP contribution in [0.1, 0.15) is 0 Å². The second-order valence-electron chi connectivity index (χ2n) is 3.87. The van der Waals surface area contributed by atoms with E-state index in [4.69, 9.17) is 11.6 Å². The van der Waals surface area contributed by atoms with Crippen LogP contribution in [0, 0.1) is 0 Å². The van der Waals surface area contributed by atoms with Gasteiger partial charge in [0.2, 0.25) is 0 Å². The van der Waals surface area contributed by atoms with Gasteiger partial charge in [0.05, 0.1) is 10.2 Å². The van der Waals surface area contributed by atoms with Crippen LogP contribution in [0.2, 0.25) is 5.02 Å². The lowest BCUT2D eigenvalue weighted by Gasteiger charge is -2.18. The number of rotatable bonds is 2. The lowest BCUT2D eigenvalue weighted by atomic mass is 10.3. The van der Waals surface area contributed by atoms with Crippen molar-refractivity contribution in [3.05, 3.63) is 47.1 Å². The van der Waals surface area contributed by atoms with E-state index in [1.165, 1.54) is 0 Å². The highest BCUT2D eigenvalue weighted by molar-refractivity contribution is 7.17. The molecule has 1 aromatic carbocycles. The van der Waals surface area contributed by atoms with E-state index in [1.54, 1.807) is 17.7 Å². The summed E-state index contributed by atoms with van der Waals surface area (Å²) in [5.74, 6) is 0.914. The van der Waals surface area contributed by atoms with Gasteiger partial charge in [-0.25, -0.2) is 9.97 Å². The molecule has 3 rings (SSSR count). The van der Waals surface area contributed by atoms with Crippen molar-refractivity contribution in [3.8, 4) is 0 Å². The molecule has 0 fully saturated rings. The van der Waals surface area contributed by atoms with Gasteiger partial charge < -0.3 is 4.90 Å². The van der Waals surface area contributed by atoms with Gasteiger partial charge in [-0.3, -0.25) is 0 Å². The second-order valence-corrected chi connectivity index (χ2v) is 5.22. The Kier molecular flexibility index (Phi) is 2.89. The largest absolute Gasteiger partial charge is 0.328 e. The SMILES string of the molecule is CN(c1ccc(Cl)cc1)c1ncnc2ccsc12. The van der Waals surface area contributed by atoms with Gasteiger partial charge in [0.25, 0.3) is 0 Å². The molecule has 0 spiro atoms. The minimum Gasteiger partial charge on any atom is -0.328 e. The number of aromatic nitrogens is 2. The molecule has 0 aliphatic rings. The third-order valence-electron chi connectivity index (χ3n) is 2.76. The van der Waals surface area contributed by atoms with Crippen LogP contribution >= 0.6 is 22.9 Å². The normalized spacial score (nSPS) is 10.8. The summed E-state index contributed by atoms with van der Waals surface area (Å²) in [5.41, 5.74) is 2.03. The highest BCUT2D eigenvalue weighted by atomic mass is 35.5. The van der Waals surface area contributed by atoms with Gasteiger partial charge in [-0.1, -0.05) is 11.6 Å². The molecule has 0 unspecified atom stereocenters. The highest BCUT2D eigenvalue weighted by Gasteiger charge is 2.11. The number of hydrogen-bond donors (Lipinski definition) is 0. The van der Waals surface area contributed by atoms with Crippen molar-refractivity contribution in [1.82, 2.24) is 9.97 Å². The molecule has 3 nitrogen and oxygen atoms in total. The number of benzene rings is 1. The van der Waals surface area contributed by atoms with Crippen LogP contribution < -0.4 is 4.90 Å². The quantitative estimate of drug-likeness (QED) is 0.705. The Labute approximate surface area is 114 Å². The van der Waals surface area contributed by atoms with E-state index in [2.05, 4.69) is 9.97 Å². The van der Waals surface area contributed by atoms with Gasteiger partial charge in [-0.2, -0.15) is 0 Å². The van der Waals surface area contributed by atoms with Gasteiger partial charge >= 0.3 is 0 Å². The van der Waals surface area contributed by atoms with Gasteiger partial charge in [0.15, 0.2) is 5.82 Å². The predicted octanol–water partition coefficient (Wildman–Crippen LogP) is 4.11. The summed E-state index contributed by atoms with van der Waals surface area (Å²) < 4.78 is 1.09. The maximum atomic E-state index is 5.90. The first kappa shape index (κ1) is 11.4. The van der Waals surface area contributed by atoms with Crippen LogP contribution in [0.15, 0.2) is 42.0 Å². The fourth-order valence-corrected chi connectivity index (χ4v) is 2.80. The first-order chi connectivity index (χ1) is 8.75. The van der Waals surface area contributed by atoms with Crippen LogP contribution in [0.4, 0.5) is 11.5 Å². The molecule has 0 aliphatic heterocycles. The van der Waals surface area contributed by atoms with Crippen LogP contribution in [0.5, 0.6) is 0 Å². The van der Waals surface area contributed by atoms with Gasteiger partial charge in [0, 0.05) is 17.8 Å². The fourth-order valence-electron chi connectivity index (χ4n) is 1.80. The van der Waals surface area contributed by atoms with Crippen LogP contribution in [-0.4, -0.2) is 17.0 Å². The van der Waals surface area contributed by atoms with Crippen molar-refractivity contribution in [2.24, 2.45) is 0 Å². The molecular weight excluding hydrogens is 266 g/mol. The number of halogens is 1. The molecule has 3 aromatic rings. The Morgan fingerprint density at radius 3 is 2.67 bits per heavy atom. The molecule has 0 atom stereocenters. The third-order valence-corrected chi connectivity index (χ3v) is 3.91. The number of nitrogens with zero attached hydrogens (tertiary/aromatic N) is 3. The summed E-state index contributed by atoms with van der Waals surface area (Å²) in [6.45, 7) is 0. The van der Waals surface area contributed by atoms with E-state index < -0.39 is 0 Å². The van der Waals surface area contributed by atoms with Crippen molar-refractivity contribution in [1.29, 1.82) is 0 Å². The summed E-state index contributed by atoms with van der Waals surface area (Å²) in [6, 6.07) is 9.70. The van der Waals surface area contributed by atoms with Gasteiger partial charge in [0.1, 0.15) is 6.33 Å². The number of hydrogen-bond acceptors (Lipinski definition) is 4. The molecule has 2 aromatic heterocycles. The molecular formula is C13H10ClN3S. The fraction of sp³-hybridized carbons (Fsp3) is 0.0769. The summed E-state index contributed by atoms with van der Waals surface area (Å²) in [6.07, 6.45) is 1.59. The zero-order chi connectivity index (χ0) is 12.5. The van der Waals surface area contributed by atoms with Crippen molar-refractivity contribution < 1.29 is 0 Å². The second kappa shape index (κ2) is 4.55. The minimum atomic E-state index is 0.733. The zero-order valence-corrected chi connectivity index (χ0v) is 11.2. The van der Waals surface area contributed by atoms with Crippen molar-refractivity contribution in [2.45, 2.75) is 0 Å². The molecule has 0 saturated carbocycles. The lowest BCUT2D eigenvalue weighted by Crippen LogP contribution is -2.11. The van der Waals surface area contributed by atoms with E-state index in [9.17, 15) is 0 Å². The Morgan fingerprint density at radius 1 is 1.11 bits per heavy atom. The maximum absolute atomic E-state index is 5.90. The van der Waals surface area contributed by atoms with Crippen LogP contribution in [-0.2, 0) is 0 Å². The smallest absolute Gasteiger partial charge is 0.154 e. The van der Waals surface area contributed by atoms with Gasteiger partial charge in [-0.15, -0.1) is 11.3 Å². The monoisotopic (exact) mass is 275 g/mol. The van der Waals surface area contributed by atoms with E-state index in [0.29, 0.717) is 0 Å². The van der Waals surface area contributed by atoms with E-state index in [1.807, 2.05) is 47.7 Å². The number of thiophene rings is 1. The summed E-state index contributed by atoms with van der Waals surface area (Å²) in [7, 11) is 1.99. The van der Waals surface area contributed by atoms with E-state index in [0.717, 1.165) is 26.7 Å². The predicted molar refractivity (Wildman–Crippen MR) is 76.9 cm³/mol. The molecule has 0 radical (unpaired) electrons. The molecule has 0 N–H and O–H groups in total. The van der Waals surface area contributed by atoms with E-state index >= 15 is 0 Å². The molecule has 0 bridgehead atoms. The first-order valence-electron chi connectivity index (χ1n) is 5.43. The Bertz CT molecular complexity index is 678. The standard InChI is InChI=1S/C13H10ClN3S/c1-17(10-4-2-9(14)3-5-10)13-12-11(6-7-18-12)15-8-16-13/h2-8H,1H3. The summed E-state index contributed by atoms with van der Waals surface area (Å²) in [4.78, 5) is 10.7.